The fourth-order valence-corrected chi connectivity index (χ4v) is 0. The van der Waals surface area contributed by atoms with Crippen LogP contribution in [0.15, 0.2) is 0 Å². The molecule has 0 unspecified atom stereocenters. The fourth-order valence-electron chi connectivity index (χ4n) is 0. The summed E-state index contributed by atoms with van der Waals surface area (Å²) < 4.78 is 41.2. The zero-order valence-electron chi connectivity index (χ0n) is 8.01. The molecule has 0 aliphatic heterocycles. The van der Waals surface area contributed by atoms with Gasteiger partial charge in [0.25, 0.3) is 0 Å². The standard InChI is InChI=1S/5BO2.Mg.Tb/c5*2-1-3;;/q5*-1;+2;+3. The van der Waals surface area contributed by atoms with Crippen LogP contribution in [-0.4, -0.2) is 59.8 Å². The van der Waals surface area contributed by atoms with Gasteiger partial charge in [0.05, 0.1) is 0 Å². The molecule has 17 heavy (non-hydrogen) atoms. The SMILES string of the molecule is O=B[O-].O=B[O-].O=B[O-].O=B[O-].O=B[O-].[Mg+2].[Tb+3]. The monoisotopic (exact) mass is 398 g/mol. The smallest absolute Gasteiger partial charge is 2.00 e. The van der Waals surface area contributed by atoms with E-state index in [1.807, 2.05) is 0 Å². The molecule has 0 saturated heterocycles. The second-order valence-electron chi connectivity index (χ2n) is 0.481. The molecule has 0 spiro atoms. The molecule has 0 aromatic carbocycles. The Labute approximate surface area is 146 Å². The van der Waals surface area contributed by atoms with Gasteiger partial charge in [0.2, 0.25) is 0 Å². The largest absolute Gasteiger partial charge is 3.00 e. The average Bonchev–Trinajstić information content (AvgIpc) is 2.09. The minimum absolute atomic E-state index is 0. The molecule has 0 fully saturated rings. The topological polar surface area (TPSA) is 201 Å². The summed E-state index contributed by atoms with van der Waals surface area (Å²) in [7, 11) is -2.50. The van der Waals surface area contributed by atoms with Crippen LogP contribution < -0.4 is 25.1 Å². The molecule has 0 saturated carbocycles. The average molecular weight is 397 g/mol. The zero-order chi connectivity index (χ0) is 13.5. The third-order valence-corrected chi connectivity index (χ3v) is 0. The Morgan fingerprint density at radius 2 is 0.471 bits per heavy atom. The van der Waals surface area contributed by atoms with Crippen molar-refractivity contribution in [3.8, 4) is 0 Å². The maximum absolute atomic E-state index is 8.25. The van der Waals surface area contributed by atoms with Crippen LogP contribution in [-0.2, 0) is 23.5 Å². The first-order valence-corrected chi connectivity index (χ1v) is 2.36. The summed E-state index contributed by atoms with van der Waals surface area (Å²) in [5, 5.41) is 41.2. The molecule has 0 aromatic heterocycles. The van der Waals surface area contributed by atoms with Crippen LogP contribution in [0.5, 0.6) is 0 Å². The van der Waals surface area contributed by atoms with Crippen LogP contribution in [0.3, 0.4) is 0 Å². The predicted octanol–water partition coefficient (Wildman–Crippen LogP) is -8.82. The Bertz CT molecular complexity index is 97.0. The van der Waals surface area contributed by atoms with E-state index in [-0.39, 0.29) is 61.7 Å². The van der Waals surface area contributed by atoms with Crippen molar-refractivity contribution >= 4 is 59.8 Å². The Balaban J connectivity index is -0.0000000143. The van der Waals surface area contributed by atoms with Gasteiger partial charge in [-0.3, -0.25) is 0 Å². The van der Waals surface area contributed by atoms with Gasteiger partial charge in [-0.1, -0.05) is 0 Å². The van der Waals surface area contributed by atoms with Gasteiger partial charge in [-0.2, -0.15) is 0 Å². The molecule has 0 rings (SSSR count). The van der Waals surface area contributed by atoms with Gasteiger partial charge >= 0.3 is 147 Å². The Morgan fingerprint density at radius 3 is 0.471 bits per heavy atom. The van der Waals surface area contributed by atoms with Gasteiger partial charge in [-0.25, -0.2) is 0 Å². The van der Waals surface area contributed by atoms with Crippen molar-refractivity contribution in [2.24, 2.45) is 0 Å². The fraction of sp³-hybridized carbons (Fsp3) is 0. The molecule has 0 atom stereocenters. The molecule has 17 heteroatoms. The van der Waals surface area contributed by atoms with Crippen LogP contribution in [0.25, 0.3) is 0 Å². The molecule has 10 nitrogen and oxygen atoms in total. The molecule has 0 aliphatic carbocycles. The van der Waals surface area contributed by atoms with Gasteiger partial charge < -0.3 is 0 Å². The van der Waals surface area contributed by atoms with E-state index >= 15 is 0 Å². The molecule has 0 radical (unpaired) electrons. The van der Waals surface area contributed by atoms with Crippen molar-refractivity contribution in [2.75, 3.05) is 0 Å². The zero-order valence-corrected chi connectivity index (χ0v) is 11.6. The van der Waals surface area contributed by atoms with E-state index in [2.05, 4.69) is 0 Å². The van der Waals surface area contributed by atoms with Crippen LogP contribution in [0.4, 0.5) is 0 Å². The molecule has 0 N–H and O–H groups in total. The van der Waals surface area contributed by atoms with E-state index in [9.17, 15) is 0 Å². The first-order chi connectivity index (χ1) is 7.07. The quantitative estimate of drug-likeness (QED) is 0.353. The Morgan fingerprint density at radius 1 is 0.471 bits per heavy atom. The van der Waals surface area contributed by atoms with E-state index in [1.165, 1.54) is 0 Å². The van der Waals surface area contributed by atoms with Crippen molar-refractivity contribution < 1.29 is 87.3 Å². The third kappa shape index (κ3) is 23900. The van der Waals surface area contributed by atoms with E-state index in [0.29, 0.717) is 0 Å². The maximum atomic E-state index is 8.25. The summed E-state index contributed by atoms with van der Waals surface area (Å²) in [6.07, 6.45) is 0. The maximum Gasteiger partial charge on any atom is 3.00 e. The van der Waals surface area contributed by atoms with E-state index < -0.39 is 36.8 Å². The summed E-state index contributed by atoms with van der Waals surface area (Å²) >= 11 is 0. The normalized spacial score (nSPS) is 2.35. The van der Waals surface area contributed by atoms with Gasteiger partial charge in [0.15, 0.2) is 0 Å². The molecule has 0 heterocycles. The molecule has 0 amide bonds. The minimum atomic E-state index is -0.500. The number of hydrogen-bond acceptors (Lipinski definition) is 10. The Kier molecular flexibility index (Phi) is 341. The van der Waals surface area contributed by atoms with Crippen molar-refractivity contribution in [3.05, 3.63) is 0 Å². The van der Waals surface area contributed by atoms with Gasteiger partial charge in [0.1, 0.15) is 0 Å². The number of rotatable bonds is 0. The first-order valence-electron chi connectivity index (χ1n) is 2.36. The second kappa shape index (κ2) is 134. The first kappa shape index (κ1) is 43.3. The van der Waals surface area contributed by atoms with Crippen molar-refractivity contribution in [1.82, 2.24) is 0 Å². The molecule has 86 valence electrons. The van der Waals surface area contributed by atoms with Crippen LogP contribution >= 0.6 is 0 Å². The molecule has 0 aliphatic rings. The minimum Gasteiger partial charge on any atom is 2.00 e. The van der Waals surface area contributed by atoms with Gasteiger partial charge in [0, 0.05) is 0 Å². The molecular weight excluding hydrogens is 397 g/mol. The van der Waals surface area contributed by atoms with Crippen LogP contribution in [0.1, 0.15) is 0 Å². The van der Waals surface area contributed by atoms with Crippen LogP contribution in [0, 0.1) is 38.6 Å². The number of hydrogen-bond donors (Lipinski definition) is 0. The van der Waals surface area contributed by atoms with E-state index in [1.54, 1.807) is 0 Å². The summed E-state index contributed by atoms with van der Waals surface area (Å²) in [5.74, 6) is 0. The second-order valence-corrected chi connectivity index (χ2v) is 0.481. The summed E-state index contributed by atoms with van der Waals surface area (Å²) in [6, 6.07) is 0. The predicted molar refractivity (Wildman–Crippen MR) is 38.0 cm³/mol. The van der Waals surface area contributed by atoms with Crippen LogP contribution in [0.2, 0.25) is 0 Å². The molecular formula is B5MgO10Tb. The van der Waals surface area contributed by atoms with E-state index in [4.69, 9.17) is 48.6 Å². The third-order valence-electron chi connectivity index (χ3n) is 0. The molecule has 0 aromatic rings. The summed E-state index contributed by atoms with van der Waals surface area (Å²) in [5.41, 5.74) is 0. The van der Waals surface area contributed by atoms with Crippen molar-refractivity contribution in [1.29, 1.82) is 0 Å². The summed E-state index contributed by atoms with van der Waals surface area (Å²) in [4.78, 5) is 0. The summed E-state index contributed by atoms with van der Waals surface area (Å²) in [6.45, 7) is 0. The van der Waals surface area contributed by atoms with Gasteiger partial charge in [-0.05, 0) is 0 Å². The van der Waals surface area contributed by atoms with Crippen molar-refractivity contribution in [2.45, 2.75) is 0 Å². The van der Waals surface area contributed by atoms with Crippen molar-refractivity contribution in [3.63, 3.8) is 0 Å². The Hall–Kier alpha value is 0.377. The van der Waals surface area contributed by atoms with Gasteiger partial charge in [-0.15, -0.1) is 0 Å². The van der Waals surface area contributed by atoms with E-state index in [0.717, 1.165) is 0 Å². The molecule has 0 bridgehead atoms.